The van der Waals surface area contributed by atoms with Crippen molar-refractivity contribution in [2.24, 2.45) is 0 Å². The predicted molar refractivity (Wildman–Crippen MR) is 140 cm³/mol. The summed E-state index contributed by atoms with van der Waals surface area (Å²) in [4.78, 5) is 15.5. The number of benzene rings is 2. The normalized spacial score (nSPS) is 16.1. The Kier molecular flexibility index (Phi) is 8.57. The van der Waals surface area contributed by atoms with Crippen molar-refractivity contribution in [3.8, 4) is 5.69 Å². The van der Waals surface area contributed by atoms with Gasteiger partial charge < -0.3 is 5.32 Å². The topological polar surface area (TPSA) is 63.1 Å². The number of anilines is 1. The van der Waals surface area contributed by atoms with Crippen LogP contribution in [0.25, 0.3) is 5.69 Å². The molecule has 1 aromatic heterocycles. The zero-order chi connectivity index (χ0) is 24.8. The summed E-state index contributed by atoms with van der Waals surface area (Å²) in [6.07, 6.45) is 4.62. The summed E-state index contributed by atoms with van der Waals surface area (Å²) in [5.74, 6) is 0.780. The summed E-state index contributed by atoms with van der Waals surface area (Å²) >= 11 is 1.36. The Bertz CT molecular complexity index is 1130. The lowest BCUT2D eigenvalue weighted by Gasteiger charge is -2.26. The molecule has 1 fully saturated rings. The van der Waals surface area contributed by atoms with E-state index in [0.717, 1.165) is 42.3 Å². The van der Waals surface area contributed by atoms with Gasteiger partial charge in [-0.3, -0.25) is 14.3 Å². The van der Waals surface area contributed by atoms with Crippen LogP contribution in [-0.4, -0.2) is 43.9 Å². The molecular formula is C27H34FN5OS. The smallest absolute Gasteiger partial charge is 0.237 e. The van der Waals surface area contributed by atoms with Gasteiger partial charge in [0, 0.05) is 11.4 Å². The Morgan fingerprint density at radius 3 is 2.49 bits per heavy atom. The van der Waals surface area contributed by atoms with E-state index < -0.39 is 5.25 Å². The molecule has 0 aliphatic carbocycles. The van der Waals surface area contributed by atoms with Gasteiger partial charge in [-0.25, -0.2) is 4.39 Å². The first-order valence-electron chi connectivity index (χ1n) is 12.4. The number of piperidine rings is 1. The molecule has 1 aliphatic rings. The number of hydrogen-bond acceptors (Lipinski definition) is 5. The Balaban J connectivity index is 1.55. The van der Waals surface area contributed by atoms with Crippen LogP contribution in [0.1, 0.15) is 63.8 Å². The molecule has 0 unspecified atom stereocenters. The van der Waals surface area contributed by atoms with E-state index in [2.05, 4.69) is 40.3 Å². The van der Waals surface area contributed by atoms with E-state index >= 15 is 0 Å². The highest BCUT2D eigenvalue weighted by molar-refractivity contribution is 8.00. The van der Waals surface area contributed by atoms with Crippen LogP contribution >= 0.6 is 11.8 Å². The summed E-state index contributed by atoms with van der Waals surface area (Å²) in [5, 5.41) is 12.3. The zero-order valence-electron chi connectivity index (χ0n) is 20.7. The molecule has 2 atom stereocenters. The molecule has 35 heavy (non-hydrogen) atoms. The van der Waals surface area contributed by atoms with Gasteiger partial charge in [0.15, 0.2) is 11.0 Å². The lowest BCUT2D eigenvalue weighted by molar-refractivity contribution is -0.115. The molecule has 0 bridgehead atoms. The monoisotopic (exact) mass is 495 g/mol. The number of hydrogen-bond donors (Lipinski definition) is 1. The number of carbonyl (C=O) groups is 1. The number of carbonyl (C=O) groups excluding carboxylic acids is 1. The number of nitrogens with zero attached hydrogens (tertiary/aromatic N) is 4. The SMILES string of the molecule is CC[C@H](C)c1ccccc1NC(=O)[C@@H](C)Sc1nnc(CN2CCCCC2)n1-c1ccc(F)cc1. The summed E-state index contributed by atoms with van der Waals surface area (Å²) in [6, 6.07) is 14.3. The second-order valence-corrected chi connectivity index (χ2v) is 10.5. The lowest BCUT2D eigenvalue weighted by atomic mass is 9.97. The van der Waals surface area contributed by atoms with Crippen molar-refractivity contribution in [1.29, 1.82) is 0 Å². The Hall–Kier alpha value is -2.71. The van der Waals surface area contributed by atoms with Gasteiger partial charge in [0.1, 0.15) is 5.82 Å². The van der Waals surface area contributed by atoms with E-state index in [0.29, 0.717) is 17.6 Å². The molecular weight excluding hydrogens is 461 g/mol. The van der Waals surface area contributed by atoms with E-state index in [1.54, 1.807) is 12.1 Å². The molecule has 1 aliphatic heterocycles. The molecule has 0 spiro atoms. The van der Waals surface area contributed by atoms with Crippen molar-refractivity contribution in [3.63, 3.8) is 0 Å². The summed E-state index contributed by atoms with van der Waals surface area (Å²) in [5.41, 5.74) is 2.78. The molecule has 1 N–H and O–H groups in total. The van der Waals surface area contributed by atoms with Gasteiger partial charge in [-0.05, 0) is 81.1 Å². The Labute approximate surface area is 211 Å². The average Bonchev–Trinajstić information content (AvgIpc) is 3.26. The number of rotatable bonds is 9. The largest absolute Gasteiger partial charge is 0.325 e. The fourth-order valence-electron chi connectivity index (χ4n) is 4.35. The zero-order valence-corrected chi connectivity index (χ0v) is 21.5. The van der Waals surface area contributed by atoms with Crippen molar-refractivity contribution in [1.82, 2.24) is 19.7 Å². The van der Waals surface area contributed by atoms with Gasteiger partial charge in [-0.15, -0.1) is 10.2 Å². The van der Waals surface area contributed by atoms with Crippen LogP contribution in [0.5, 0.6) is 0 Å². The molecule has 6 nitrogen and oxygen atoms in total. The quantitative estimate of drug-likeness (QED) is 0.368. The van der Waals surface area contributed by atoms with E-state index in [-0.39, 0.29) is 11.7 Å². The van der Waals surface area contributed by atoms with Crippen LogP contribution in [0.4, 0.5) is 10.1 Å². The standard InChI is InChI=1S/C27H34FN5OS/c1-4-19(2)23-10-6-7-11-24(23)29-26(34)20(3)35-27-31-30-25(18-32-16-8-5-9-17-32)33(27)22-14-12-21(28)13-15-22/h6-7,10-15,19-20H,4-5,8-9,16-18H2,1-3H3,(H,29,34)/t19-,20+/m0/s1. The van der Waals surface area contributed by atoms with Gasteiger partial charge in [0.2, 0.25) is 5.91 Å². The van der Waals surface area contributed by atoms with Crippen LogP contribution < -0.4 is 5.32 Å². The maximum Gasteiger partial charge on any atom is 0.237 e. The van der Waals surface area contributed by atoms with Crippen LogP contribution in [0.15, 0.2) is 53.7 Å². The van der Waals surface area contributed by atoms with Crippen LogP contribution in [0.2, 0.25) is 0 Å². The van der Waals surface area contributed by atoms with Gasteiger partial charge >= 0.3 is 0 Å². The molecule has 8 heteroatoms. The third kappa shape index (κ3) is 6.30. The van der Waals surface area contributed by atoms with E-state index in [1.807, 2.05) is 29.7 Å². The molecule has 0 radical (unpaired) electrons. The van der Waals surface area contributed by atoms with Crippen LogP contribution in [0.3, 0.4) is 0 Å². The van der Waals surface area contributed by atoms with E-state index in [4.69, 9.17) is 0 Å². The van der Waals surface area contributed by atoms with Crippen molar-refractivity contribution < 1.29 is 9.18 Å². The summed E-state index contributed by atoms with van der Waals surface area (Å²) in [6.45, 7) is 8.93. The van der Waals surface area contributed by atoms with Gasteiger partial charge in [-0.1, -0.05) is 50.2 Å². The van der Waals surface area contributed by atoms with Gasteiger partial charge in [0.05, 0.1) is 11.8 Å². The maximum atomic E-state index is 13.6. The number of thioether (sulfide) groups is 1. The van der Waals surface area contributed by atoms with Crippen LogP contribution in [-0.2, 0) is 11.3 Å². The molecule has 2 aromatic carbocycles. The number of amides is 1. The molecule has 1 amide bonds. The average molecular weight is 496 g/mol. The first-order chi connectivity index (χ1) is 17.0. The number of para-hydroxylation sites is 1. The summed E-state index contributed by atoms with van der Waals surface area (Å²) < 4.78 is 15.6. The fraction of sp³-hybridized carbons (Fsp3) is 0.444. The predicted octanol–water partition coefficient (Wildman–Crippen LogP) is 6.03. The lowest BCUT2D eigenvalue weighted by Crippen LogP contribution is -2.30. The molecule has 2 heterocycles. The molecule has 3 aromatic rings. The highest BCUT2D eigenvalue weighted by atomic mass is 32.2. The minimum absolute atomic E-state index is 0.0861. The molecule has 0 saturated carbocycles. The fourth-order valence-corrected chi connectivity index (χ4v) is 5.24. The van der Waals surface area contributed by atoms with E-state index in [9.17, 15) is 9.18 Å². The second kappa shape index (κ2) is 11.8. The van der Waals surface area contributed by atoms with Crippen molar-refractivity contribution in [3.05, 3.63) is 65.7 Å². The van der Waals surface area contributed by atoms with Crippen molar-refractivity contribution >= 4 is 23.4 Å². The molecule has 4 rings (SSSR count). The third-order valence-electron chi connectivity index (χ3n) is 6.61. The van der Waals surface area contributed by atoms with Crippen molar-refractivity contribution in [2.75, 3.05) is 18.4 Å². The number of aromatic nitrogens is 3. The Morgan fingerprint density at radius 1 is 1.06 bits per heavy atom. The van der Waals surface area contributed by atoms with Gasteiger partial charge in [0.25, 0.3) is 0 Å². The van der Waals surface area contributed by atoms with Crippen molar-refractivity contribution in [2.45, 2.75) is 69.3 Å². The minimum Gasteiger partial charge on any atom is -0.325 e. The first kappa shape index (κ1) is 25.4. The van der Waals surface area contributed by atoms with Crippen LogP contribution in [0, 0.1) is 5.82 Å². The number of nitrogens with one attached hydrogen (secondary N) is 1. The maximum absolute atomic E-state index is 13.6. The highest BCUT2D eigenvalue weighted by Crippen LogP contribution is 2.30. The van der Waals surface area contributed by atoms with E-state index in [1.165, 1.54) is 43.2 Å². The molecule has 1 saturated heterocycles. The number of likely N-dealkylation sites (tertiary alicyclic amines) is 1. The second-order valence-electron chi connectivity index (χ2n) is 9.19. The Morgan fingerprint density at radius 2 is 1.77 bits per heavy atom. The van der Waals surface area contributed by atoms with Gasteiger partial charge in [-0.2, -0.15) is 0 Å². The first-order valence-corrected chi connectivity index (χ1v) is 13.3. The number of halogens is 1. The third-order valence-corrected chi connectivity index (χ3v) is 7.65. The minimum atomic E-state index is -0.397. The highest BCUT2D eigenvalue weighted by Gasteiger charge is 2.23. The summed E-state index contributed by atoms with van der Waals surface area (Å²) in [7, 11) is 0. The molecule has 186 valence electrons.